The summed E-state index contributed by atoms with van der Waals surface area (Å²) in [5.74, 6) is 4.94. The van der Waals surface area contributed by atoms with Crippen molar-refractivity contribution in [1.82, 2.24) is 0 Å². The van der Waals surface area contributed by atoms with Crippen molar-refractivity contribution in [3.8, 4) is 11.8 Å². The minimum Gasteiger partial charge on any atom is -0.384 e. The van der Waals surface area contributed by atoms with Crippen LogP contribution in [0.5, 0.6) is 0 Å². The molecule has 0 aliphatic rings. The monoisotopic (exact) mass is 253 g/mol. The van der Waals surface area contributed by atoms with Gasteiger partial charge in [0.2, 0.25) is 5.91 Å². The van der Waals surface area contributed by atoms with Crippen LogP contribution in [0.4, 0.5) is 5.69 Å². The van der Waals surface area contributed by atoms with Crippen LogP contribution in [0.3, 0.4) is 0 Å². The lowest BCUT2D eigenvalue weighted by Crippen LogP contribution is -2.17. The molecule has 0 bridgehead atoms. The van der Waals surface area contributed by atoms with Crippen molar-refractivity contribution in [2.45, 2.75) is 0 Å². The fourth-order valence-corrected chi connectivity index (χ4v) is 1.35. The van der Waals surface area contributed by atoms with E-state index in [1.165, 1.54) is 7.11 Å². The Balaban J connectivity index is 2.94. The predicted molar refractivity (Wildman–Crippen MR) is 65.9 cm³/mol. The molecule has 0 fully saturated rings. The smallest absolute Gasteiger partial charge is 0.250 e. The summed E-state index contributed by atoms with van der Waals surface area (Å²) in [6.45, 7) is -0.284. The van der Waals surface area contributed by atoms with E-state index in [-0.39, 0.29) is 19.1 Å². The number of halogens is 1. The van der Waals surface area contributed by atoms with E-state index in [9.17, 15) is 4.79 Å². The molecule has 1 aromatic carbocycles. The number of anilines is 1. The minimum atomic E-state index is -0.276. The maximum absolute atomic E-state index is 11.4. The zero-order chi connectivity index (χ0) is 12.7. The maximum atomic E-state index is 11.4. The number of carbonyl (C=O) groups excluding carboxylic acids is 1. The molecule has 4 nitrogen and oxygen atoms in total. The molecular weight excluding hydrogens is 242 g/mol. The Morgan fingerprint density at radius 1 is 1.59 bits per heavy atom. The van der Waals surface area contributed by atoms with Gasteiger partial charge in [0, 0.05) is 17.7 Å². The topological polar surface area (TPSA) is 58.6 Å². The van der Waals surface area contributed by atoms with Crippen LogP contribution in [0, 0.1) is 11.8 Å². The van der Waals surface area contributed by atoms with Gasteiger partial charge in [-0.3, -0.25) is 4.79 Å². The number of carbonyl (C=O) groups is 1. The maximum Gasteiger partial charge on any atom is 0.250 e. The third-order valence-electron chi connectivity index (χ3n) is 1.83. The van der Waals surface area contributed by atoms with Crippen LogP contribution in [0.25, 0.3) is 0 Å². The highest BCUT2D eigenvalue weighted by Gasteiger charge is 2.05. The number of hydrogen-bond acceptors (Lipinski definition) is 3. The van der Waals surface area contributed by atoms with Gasteiger partial charge in [-0.2, -0.15) is 0 Å². The number of aliphatic hydroxyl groups is 1. The second kappa shape index (κ2) is 6.92. The van der Waals surface area contributed by atoms with Gasteiger partial charge in [0.05, 0.1) is 5.69 Å². The summed E-state index contributed by atoms with van der Waals surface area (Å²) in [4.78, 5) is 11.4. The number of benzene rings is 1. The van der Waals surface area contributed by atoms with E-state index in [1.807, 2.05) is 0 Å². The molecule has 5 heteroatoms. The fourth-order valence-electron chi connectivity index (χ4n) is 1.18. The van der Waals surface area contributed by atoms with Crippen LogP contribution in [0.1, 0.15) is 5.56 Å². The van der Waals surface area contributed by atoms with Crippen LogP contribution in [0.15, 0.2) is 18.2 Å². The first kappa shape index (κ1) is 13.5. The first-order valence-electron chi connectivity index (χ1n) is 4.85. The van der Waals surface area contributed by atoms with Crippen LogP contribution in [-0.2, 0) is 9.53 Å². The summed E-state index contributed by atoms with van der Waals surface area (Å²) >= 11 is 5.83. The second-order valence-corrected chi connectivity index (χ2v) is 3.57. The third kappa shape index (κ3) is 4.45. The zero-order valence-electron chi connectivity index (χ0n) is 9.29. The zero-order valence-corrected chi connectivity index (χ0v) is 10.0. The van der Waals surface area contributed by atoms with E-state index in [2.05, 4.69) is 17.2 Å². The molecule has 90 valence electrons. The van der Waals surface area contributed by atoms with Crippen molar-refractivity contribution >= 4 is 23.2 Å². The van der Waals surface area contributed by atoms with Gasteiger partial charge in [-0.1, -0.05) is 23.4 Å². The molecule has 0 spiro atoms. The molecule has 0 aliphatic heterocycles. The highest BCUT2D eigenvalue weighted by atomic mass is 35.5. The number of amides is 1. The molecule has 1 rings (SSSR count). The largest absolute Gasteiger partial charge is 0.384 e. The molecule has 0 atom stereocenters. The summed E-state index contributed by atoms with van der Waals surface area (Å²) in [6.07, 6.45) is 0. The Morgan fingerprint density at radius 3 is 3.00 bits per heavy atom. The Labute approximate surface area is 105 Å². The van der Waals surface area contributed by atoms with Crippen LogP contribution >= 0.6 is 11.6 Å². The van der Waals surface area contributed by atoms with Gasteiger partial charge in [0.15, 0.2) is 0 Å². The highest BCUT2D eigenvalue weighted by molar-refractivity contribution is 6.30. The lowest BCUT2D eigenvalue weighted by molar-refractivity contribution is -0.119. The number of aliphatic hydroxyl groups excluding tert-OH is 1. The van der Waals surface area contributed by atoms with Gasteiger partial charge in [-0.15, -0.1) is 0 Å². The molecule has 1 amide bonds. The third-order valence-corrected chi connectivity index (χ3v) is 2.07. The van der Waals surface area contributed by atoms with Gasteiger partial charge in [0.1, 0.15) is 13.2 Å². The predicted octanol–water partition coefficient (Wildman–Crippen LogP) is 1.27. The quantitative estimate of drug-likeness (QED) is 0.798. The first-order chi connectivity index (χ1) is 8.17. The molecule has 17 heavy (non-hydrogen) atoms. The summed E-state index contributed by atoms with van der Waals surface area (Å²) in [5.41, 5.74) is 1.09. The average molecular weight is 254 g/mol. The van der Waals surface area contributed by atoms with Crippen molar-refractivity contribution in [2.24, 2.45) is 0 Å². The molecular formula is C12H12ClNO3. The molecule has 0 aromatic heterocycles. The lowest BCUT2D eigenvalue weighted by atomic mass is 10.2. The first-order valence-corrected chi connectivity index (χ1v) is 5.23. The van der Waals surface area contributed by atoms with Crippen molar-refractivity contribution in [1.29, 1.82) is 0 Å². The Bertz CT molecular complexity index is 463. The summed E-state index contributed by atoms with van der Waals surface area (Å²) in [7, 11) is 1.44. The number of nitrogens with one attached hydrogen (secondary N) is 1. The standard InChI is InChI=1S/C12H12ClNO3/c1-17-8-12(16)14-11-5-4-10(13)7-9(11)3-2-6-15/h4-5,7,15H,6,8H2,1H3,(H,14,16). The van der Waals surface area contributed by atoms with E-state index >= 15 is 0 Å². The molecule has 0 unspecified atom stereocenters. The van der Waals surface area contributed by atoms with Gasteiger partial charge >= 0.3 is 0 Å². The fraction of sp³-hybridized carbons (Fsp3) is 0.250. The number of rotatable bonds is 3. The Morgan fingerprint density at radius 2 is 2.35 bits per heavy atom. The number of ether oxygens (including phenoxy) is 1. The van der Waals surface area contributed by atoms with E-state index in [4.69, 9.17) is 21.4 Å². The molecule has 0 radical (unpaired) electrons. The Kier molecular flexibility index (Phi) is 5.50. The SMILES string of the molecule is COCC(=O)Nc1ccc(Cl)cc1C#CCO. The lowest BCUT2D eigenvalue weighted by Gasteiger charge is -2.07. The summed E-state index contributed by atoms with van der Waals surface area (Å²) < 4.78 is 4.71. The number of methoxy groups -OCH3 is 1. The molecule has 0 aliphatic carbocycles. The number of hydrogen-bond donors (Lipinski definition) is 2. The van der Waals surface area contributed by atoms with Crippen molar-refractivity contribution in [3.05, 3.63) is 28.8 Å². The van der Waals surface area contributed by atoms with Gasteiger partial charge in [-0.25, -0.2) is 0 Å². The minimum absolute atomic E-state index is 0.0322. The molecule has 2 N–H and O–H groups in total. The van der Waals surface area contributed by atoms with Gasteiger partial charge < -0.3 is 15.2 Å². The second-order valence-electron chi connectivity index (χ2n) is 3.13. The van der Waals surface area contributed by atoms with Crippen molar-refractivity contribution < 1.29 is 14.6 Å². The van der Waals surface area contributed by atoms with Crippen LogP contribution in [0.2, 0.25) is 5.02 Å². The van der Waals surface area contributed by atoms with E-state index in [1.54, 1.807) is 18.2 Å². The normalized spacial score (nSPS) is 9.35. The van der Waals surface area contributed by atoms with E-state index in [0.717, 1.165) is 0 Å². The molecule has 0 heterocycles. The van der Waals surface area contributed by atoms with Crippen LogP contribution < -0.4 is 5.32 Å². The van der Waals surface area contributed by atoms with Crippen molar-refractivity contribution in [3.63, 3.8) is 0 Å². The average Bonchev–Trinajstić information content (AvgIpc) is 2.30. The van der Waals surface area contributed by atoms with E-state index in [0.29, 0.717) is 16.3 Å². The van der Waals surface area contributed by atoms with Gasteiger partial charge in [-0.05, 0) is 18.2 Å². The van der Waals surface area contributed by atoms with Crippen LogP contribution in [-0.4, -0.2) is 31.3 Å². The Hall–Kier alpha value is -1.54. The van der Waals surface area contributed by atoms with Gasteiger partial charge in [0.25, 0.3) is 0 Å². The molecule has 0 saturated carbocycles. The summed E-state index contributed by atoms with van der Waals surface area (Å²) in [6, 6.07) is 4.91. The summed E-state index contributed by atoms with van der Waals surface area (Å²) in [5, 5.41) is 11.8. The van der Waals surface area contributed by atoms with Crippen molar-refractivity contribution in [2.75, 3.05) is 25.6 Å². The van der Waals surface area contributed by atoms with E-state index < -0.39 is 0 Å². The molecule has 1 aromatic rings. The highest BCUT2D eigenvalue weighted by Crippen LogP contribution is 2.19. The molecule has 0 saturated heterocycles.